The second-order valence-electron chi connectivity index (χ2n) is 6.05. The van der Waals surface area contributed by atoms with Gasteiger partial charge in [-0.05, 0) is 31.0 Å². The van der Waals surface area contributed by atoms with Crippen LogP contribution in [0.15, 0.2) is 47.4 Å². The number of pyridine rings is 1. The molecule has 1 aliphatic rings. The van der Waals surface area contributed by atoms with Gasteiger partial charge in [-0.25, -0.2) is 4.98 Å². The third-order valence-corrected chi connectivity index (χ3v) is 5.60. The number of nitrogens with one attached hydrogen (secondary N) is 1. The Kier molecular flexibility index (Phi) is 3.90. The maximum atomic E-state index is 12.6. The maximum absolute atomic E-state index is 12.6. The predicted octanol–water partition coefficient (Wildman–Crippen LogP) is 3.00. The van der Waals surface area contributed by atoms with Crippen LogP contribution in [0, 0.1) is 0 Å². The number of benzene rings is 1. The molecule has 4 rings (SSSR count). The summed E-state index contributed by atoms with van der Waals surface area (Å²) in [7, 11) is 0. The average molecular weight is 339 g/mol. The number of rotatable bonds is 2. The lowest BCUT2D eigenvalue weighted by Gasteiger charge is -2.31. The van der Waals surface area contributed by atoms with Crippen LogP contribution in [0.1, 0.15) is 34.1 Å². The number of carbonyl (C=O) groups is 1. The van der Waals surface area contributed by atoms with E-state index in [0.29, 0.717) is 12.1 Å². The summed E-state index contributed by atoms with van der Waals surface area (Å²) in [6.45, 7) is 1.43. The number of likely N-dealkylation sites (tertiary alicyclic amines) is 1. The van der Waals surface area contributed by atoms with Gasteiger partial charge in [0.1, 0.15) is 0 Å². The van der Waals surface area contributed by atoms with Gasteiger partial charge in [0.15, 0.2) is 0 Å². The van der Waals surface area contributed by atoms with Crippen molar-refractivity contribution in [2.24, 2.45) is 0 Å². The number of H-pyrrole nitrogens is 1. The zero-order valence-electron chi connectivity index (χ0n) is 13.1. The SMILES string of the molecule is O=C(c1ccc(=O)[nH]c1)N1CCCC(c2nc3ccccc3s2)C1. The zero-order valence-corrected chi connectivity index (χ0v) is 13.9. The summed E-state index contributed by atoms with van der Waals surface area (Å²) in [4.78, 5) is 33.0. The lowest BCUT2D eigenvalue weighted by Crippen LogP contribution is -2.39. The Morgan fingerprint density at radius 1 is 1.25 bits per heavy atom. The topological polar surface area (TPSA) is 66.1 Å². The number of piperidine rings is 1. The number of para-hydroxylation sites is 1. The number of hydrogen-bond donors (Lipinski definition) is 1. The average Bonchev–Trinajstić information content (AvgIpc) is 3.06. The number of aromatic amines is 1. The van der Waals surface area contributed by atoms with Crippen LogP contribution in [0.2, 0.25) is 0 Å². The maximum Gasteiger partial charge on any atom is 0.255 e. The Morgan fingerprint density at radius 2 is 2.12 bits per heavy atom. The van der Waals surface area contributed by atoms with Crippen LogP contribution < -0.4 is 5.56 Å². The second-order valence-corrected chi connectivity index (χ2v) is 7.11. The van der Waals surface area contributed by atoms with E-state index in [1.807, 2.05) is 23.1 Å². The summed E-state index contributed by atoms with van der Waals surface area (Å²) in [5, 5.41) is 1.11. The van der Waals surface area contributed by atoms with Gasteiger partial charge >= 0.3 is 0 Å². The summed E-state index contributed by atoms with van der Waals surface area (Å²) in [6, 6.07) is 11.1. The zero-order chi connectivity index (χ0) is 16.5. The van der Waals surface area contributed by atoms with E-state index in [4.69, 9.17) is 4.98 Å². The summed E-state index contributed by atoms with van der Waals surface area (Å²) in [5.74, 6) is 0.250. The molecule has 1 aromatic carbocycles. The smallest absolute Gasteiger partial charge is 0.255 e. The van der Waals surface area contributed by atoms with Crippen molar-refractivity contribution < 1.29 is 4.79 Å². The molecule has 5 nitrogen and oxygen atoms in total. The molecule has 0 saturated carbocycles. The summed E-state index contributed by atoms with van der Waals surface area (Å²) in [6.07, 6.45) is 3.51. The Hall–Kier alpha value is -2.47. The molecule has 0 radical (unpaired) electrons. The van der Waals surface area contributed by atoms with E-state index in [2.05, 4.69) is 11.1 Å². The van der Waals surface area contributed by atoms with Gasteiger partial charge < -0.3 is 9.88 Å². The van der Waals surface area contributed by atoms with E-state index in [-0.39, 0.29) is 17.4 Å². The van der Waals surface area contributed by atoms with Gasteiger partial charge in [0.05, 0.1) is 20.8 Å². The number of thiazole rings is 1. The number of aromatic nitrogens is 2. The Labute approximate surface area is 143 Å². The van der Waals surface area contributed by atoms with E-state index in [1.165, 1.54) is 17.0 Å². The standard InChI is InChI=1S/C18H17N3O2S/c22-16-8-7-12(10-19-16)18(23)21-9-3-4-13(11-21)17-20-14-5-1-2-6-15(14)24-17/h1-2,5-8,10,13H,3-4,9,11H2,(H,19,22). The van der Waals surface area contributed by atoms with Crippen molar-refractivity contribution in [3.8, 4) is 0 Å². The first kappa shape index (κ1) is 15.1. The van der Waals surface area contributed by atoms with Gasteiger partial charge in [-0.15, -0.1) is 11.3 Å². The summed E-state index contributed by atoms with van der Waals surface area (Å²) >= 11 is 1.72. The molecule has 1 fully saturated rings. The fourth-order valence-corrected chi connectivity index (χ4v) is 4.25. The molecule has 24 heavy (non-hydrogen) atoms. The van der Waals surface area contributed by atoms with Crippen molar-refractivity contribution in [3.05, 3.63) is 63.5 Å². The minimum Gasteiger partial charge on any atom is -0.338 e. The van der Waals surface area contributed by atoms with Crippen molar-refractivity contribution in [2.75, 3.05) is 13.1 Å². The number of fused-ring (bicyclic) bond motifs is 1. The molecular formula is C18H17N3O2S. The van der Waals surface area contributed by atoms with E-state index in [0.717, 1.165) is 29.9 Å². The first-order valence-electron chi connectivity index (χ1n) is 8.04. The molecule has 1 amide bonds. The van der Waals surface area contributed by atoms with E-state index in [1.54, 1.807) is 17.4 Å². The van der Waals surface area contributed by atoms with Crippen LogP contribution in [-0.2, 0) is 0 Å². The lowest BCUT2D eigenvalue weighted by atomic mass is 9.98. The number of carbonyl (C=O) groups excluding carboxylic acids is 1. The lowest BCUT2D eigenvalue weighted by molar-refractivity contribution is 0.0706. The van der Waals surface area contributed by atoms with Crippen molar-refractivity contribution in [2.45, 2.75) is 18.8 Å². The third-order valence-electron chi connectivity index (χ3n) is 4.40. The van der Waals surface area contributed by atoms with Crippen LogP contribution in [0.4, 0.5) is 0 Å². The minimum atomic E-state index is -0.197. The molecule has 3 aromatic rings. The van der Waals surface area contributed by atoms with Crippen LogP contribution in [-0.4, -0.2) is 33.9 Å². The van der Waals surface area contributed by atoms with Crippen molar-refractivity contribution in [3.63, 3.8) is 0 Å². The molecule has 0 bridgehead atoms. The summed E-state index contributed by atoms with van der Waals surface area (Å²) in [5.41, 5.74) is 1.36. The fraction of sp³-hybridized carbons (Fsp3) is 0.278. The molecule has 3 heterocycles. The molecule has 0 aliphatic carbocycles. The van der Waals surface area contributed by atoms with Crippen molar-refractivity contribution in [1.29, 1.82) is 0 Å². The Morgan fingerprint density at radius 3 is 2.92 bits per heavy atom. The molecule has 1 N–H and O–H groups in total. The van der Waals surface area contributed by atoms with Gasteiger partial charge in [0.25, 0.3) is 5.91 Å². The van der Waals surface area contributed by atoms with Gasteiger partial charge in [0.2, 0.25) is 5.56 Å². The first-order valence-corrected chi connectivity index (χ1v) is 8.86. The van der Waals surface area contributed by atoms with Crippen molar-refractivity contribution >= 4 is 27.5 Å². The van der Waals surface area contributed by atoms with Gasteiger partial charge in [-0.1, -0.05) is 12.1 Å². The highest BCUT2D eigenvalue weighted by molar-refractivity contribution is 7.18. The molecule has 1 aliphatic heterocycles. The van der Waals surface area contributed by atoms with Crippen LogP contribution in [0.3, 0.4) is 0 Å². The van der Waals surface area contributed by atoms with Gasteiger partial charge in [-0.2, -0.15) is 0 Å². The Balaban J connectivity index is 1.55. The minimum absolute atomic E-state index is 0.0305. The number of amides is 1. The predicted molar refractivity (Wildman–Crippen MR) is 94.6 cm³/mol. The van der Waals surface area contributed by atoms with Crippen LogP contribution in [0.5, 0.6) is 0 Å². The molecule has 1 saturated heterocycles. The molecular weight excluding hydrogens is 322 g/mol. The third kappa shape index (κ3) is 2.85. The number of nitrogens with zero attached hydrogens (tertiary/aromatic N) is 2. The highest BCUT2D eigenvalue weighted by Gasteiger charge is 2.27. The number of hydrogen-bond acceptors (Lipinski definition) is 4. The van der Waals surface area contributed by atoms with E-state index < -0.39 is 0 Å². The molecule has 2 aromatic heterocycles. The largest absolute Gasteiger partial charge is 0.338 e. The van der Waals surface area contributed by atoms with E-state index >= 15 is 0 Å². The van der Waals surface area contributed by atoms with Crippen LogP contribution in [0.25, 0.3) is 10.2 Å². The normalized spacial score (nSPS) is 18.0. The second kappa shape index (κ2) is 6.20. The van der Waals surface area contributed by atoms with Crippen LogP contribution >= 0.6 is 11.3 Å². The van der Waals surface area contributed by atoms with Gasteiger partial charge in [0, 0.05) is 31.3 Å². The fourth-order valence-electron chi connectivity index (χ4n) is 3.15. The van der Waals surface area contributed by atoms with Gasteiger partial charge in [-0.3, -0.25) is 9.59 Å². The highest BCUT2D eigenvalue weighted by atomic mass is 32.1. The molecule has 122 valence electrons. The molecule has 1 atom stereocenters. The first-order chi connectivity index (χ1) is 11.7. The molecule has 1 unspecified atom stereocenters. The molecule has 6 heteroatoms. The Bertz CT molecular complexity index is 893. The monoisotopic (exact) mass is 339 g/mol. The summed E-state index contributed by atoms with van der Waals surface area (Å²) < 4.78 is 1.19. The molecule has 0 spiro atoms. The van der Waals surface area contributed by atoms with E-state index in [9.17, 15) is 9.59 Å². The highest BCUT2D eigenvalue weighted by Crippen LogP contribution is 2.33. The quantitative estimate of drug-likeness (QED) is 0.780. The van der Waals surface area contributed by atoms with Crippen molar-refractivity contribution in [1.82, 2.24) is 14.9 Å².